The number of aliphatic imine (C=N–C) groups is 1. The summed E-state index contributed by atoms with van der Waals surface area (Å²) in [6.45, 7) is 5.35. The summed E-state index contributed by atoms with van der Waals surface area (Å²) in [5.41, 5.74) is 0. The molecule has 3 N–H and O–H groups in total. The van der Waals surface area contributed by atoms with Crippen LogP contribution in [0.4, 0.5) is 0 Å². The molecule has 1 aromatic rings. The predicted molar refractivity (Wildman–Crippen MR) is 127 cm³/mol. The van der Waals surface area contributed by atoms with Crippen LogP contribution in [0.15, 0.2) is 29.3 Å². The fourth-order valence-corrected chi connectivity index (χ4v) is 3.23. The molecule has 1 amide bonds. The monoisotopic (exact) mass is 518 g/mol. The lowest BCUT2D eigenvalue weighted by Crippen LogP contribution is -2.43. The van der Waals surface area contributed by atoms with Crippen LogP contribution in [-0.2, 0) is 4.79 Å². The third-order valence-electron chi connectivity index (χ3n) is 4.65. The number of ether oxygens (including phenoxy) is 2. The molecule has 29 heavy (non-hydrogen) atoms. The molecule has 1 fully saturated rings. The molecule has 0 bridgehead atoms. The molecule has 0 radical (unpaired) electrons. The molecule has 0 saturated heterocycles. The first kappa shape index (κ1) is 25.3. The summed E-state index contributed by atoms with van der Waals surface area (Å²) in [6, 6.07) is 7.87. The van der Waals surface area contributed by atoms with Crippen molar-refractivity contribution < 1.29 is 14.3 Å². The maximum Gasteiger partial charge on any atom is 0.242 e. The molecule has 0 heterocycles. The second kappa shape index (κ2) is 14.3. The Labute approximate surface area is 191 Å². The third kappa shape index (κ3) is 9.56. The summed E-state index contributed by atoms with van der Waals surface area (Å²) in [6.07, 6.45) is 5.72. The second-order valence-corrected chi connectivity index (χ2v) is 7.06. The maximum atomic E-state index is 12.2. The SMILES string of the molecule is CCNC(=NCC(=O)NC1CCCCC1)NCC(C)Oc1ccccc1OC.I. The fraction of sp³-hybridized carbons (Fsp3) is 0.619. The van der Waals surface area contributed by atoms with E-state index in [1.165, 1.54) is 19.3 Å². The number of hydrogen-bond acceptors (Lipinski definition) is 4. The number of hydrogen-bond donors (Lipinski definition) is 3. The van der Waals surface area contributed by atoms with Crippen molar-refractivity contribution in [3.05, 3.63) is 24.3 Å². The largest absolute Gasteiger partial charge is 0.493 e. The van der Waals surface area contributed by atoms with Gasteiger partial charge in [0.15, 0.2) is 17.5 Å². The van der Waals surface area contributed by atoms with Crippen LogP contribution in [0.3, 0.4) is 0 Å². The Kier molecular flexibility index (Phi) is 12.5. The van der Waals surface area contributed by atoms with Crippen LogP contribution in [0.25, 0.3) is 0 Å². The molecule has 7 nitrogen and oxygen atoms in total. The molecule has 8 heteroatoms. The van der Waals surface area contributed by atoms with E-state index in [2.05, 4.69) is 20.9 Å². The van der Waals surface area contributed by atoms with Crippen LogP contribution in [0.1, 0.15) is 46.0 Å². The van der Waals surface area contributed by atoms with Crippen molar-refractivity contribution in [1.29, 1.82) is 0 Å². The number of rotatable bonds is 9. The zero-order valence-electron chi connectivity index (χ0n) is 17.7. The molecule has 1 aliphatic rings. The van der Waals surface area contributed by atoms with Gasteiger partial charge < -0.3 is 25.4 Å². The minimum Gasteiger partial charge on any atom is -0.493 e. The lowest BCUT2D eigenvalue weighted by atomic mass is 9.95. The normalized spacial score (nSPS) is 15.6. The van der Waals surface area contributed by atoms with E-state index >= 15 is 0 Å². The highest BCUT2D eigenvalue weighted by Crippen LogP contribution is 2.26. The van der Waals surface area contributed by atoms with E-state index in [4.69, 9.17) is 9.47 Å². The van der Waals surface area contributed by atoms with Gasteiger partial charge in [0.1, 0.15) is 12.6 Å². The number of nitrogens with zero attached hydrogens (tertiary/aromatic N) is 1. The fourth-order valence-electron chi connectivity index (χ4n) is 3.23. The van der Waals surface area contributed by atoms with Crippen LogP contribution in [0.2, 0.25) is 0 Å². The Balaban J connectivity index is 0.00000420. The predicted octanol–water partition coefficient (Wildman–Crippen LogP) is 3.08. The van der Waals surface area contributed by atoms with Gasteiger partial charge >= 0.3 is 0 Å². The van der Waals surface area contributed by atoms with Crippen molar-refractivity contribution >= 4 is 35.8 Å². The lowest BCUT2D eigenvalue weighted by Gasteiger charge is -2.22. The Morgan fingerprint density at radius 2 is 1.86 bits per heavy atom. The van der Waals surface area contributed by atoms with Crippen molar-refractivity contribution in [3.63, 3.8) is 0 Å². The Morgan fingerprint density at radius 1 is 1.17 bits per heavy atom. The van der Waals surface area contributed by atoms with Gasteiger partial charge in [-0.1, -0.05) is 31.4 Å². The number of carbonyl (C=O) groups is 1. The zero-order chi connectivity index (χ0) is 20.2. The molecule has 1 aliphatic carbocycles. The van der Waals surface area contributed by atoms with Gasteiger partial charge in [-0.05, 0) is 38.8 Å². The Hall–Kier alpha value is -1.71. The Bertz CT molecular complexity index is 636. The van der Waals surface area contributed by atoms with Gasteiger partial charge in [0, 0.05) is 12.6 Å². The standard InChI is InChI=1S/C21H34N4O3.HI/c1-4-22-21(24-15-20(26)25-17-10-6-5-7-11-17)23-14-16(2)28-19-13-9-8-12-18(19)27-3;/h8-9,12-13,16-17H,4-7,10-11,14-15H2,1-3H3,(H,25,26)(H2,22,23,24);1H. The van der Waals surface area contributed by atoms with Crippen molar-refractivity contribution in [1.82, 2.24) is 16.0 Å². The topological polar surface area (TPSA) is 84.0 Å². The van der Waals surface area contributed by atoms with E-state index in [1.54, 1.807) is 7.11 Å². The van der Waals surface area contributed by atoms with Gasteiger partial charge in [0.2, 0.25) is 5.91 Å². The first-order valence-corrected chi connectivity index (χ1v) is 10.2. The van der Waals surface area contributed by atoms with Gasteiger partial charge in [-0.3, -0.25) is 4.79 Å². The smallest absolute Gasteiger partial charge is 0.242 e. The molecule has 164 valence electrons. The van der Waals surface area contributed by atoms with E-state index in [0.29, 0.717) is 30.0 Å². The summed E-state index contributed by atoms with van der Waals surface area (Å²) >= 11 is 0. The second-order valence-electron chi connectivity index (χ2n) is 7.06. The van der Waals surface area contributed by atoms with Crippen molar-refractivity contribution in [2.75, 3.05) is 26.7 Å². The van der Waals surface area contributed by atoms with E-state index in [-0.39, 0.29) is 42.5 Å². The van der Waals surface area contributed by atoms with E-state index in [1.807, 2.05) is 38.1 Å². The van der Waals surface area contributed by atoms with Crippen LogP contribution >= 0.6 is 24.0 Å². The van der Waals surface area contributed by atoms with Crippen molar-refractivity contribution in [2.24, 2.45) is 4.99 Å². The number of guanidine groups is 1. The summed E-state index contributed by atoms with van der Waals surface area (Å²) in [5.74, 6) is 1.99. The Morgan fingerprint density at radius 3 is 2.52 bits per heavy atom. The molecule has 1 unspecified atom stereocenters. The summed E-state index contributed by atoms with van der Waals surface area (Å²) in [5, 5.41) is 9.48. The van der Waals surface area contributed by atoms with E-state index in [0.717, 1.165) is 19.4 Å². The number of carbonyl (C=O) groups excluding carboxylic acids is 1. The first-order valence-electron chi connectivity index (χ1n) is 10.2. The van der Waals surface area contributed by atoms with Crippen LogP contribution < -0.4 is 25.4 Å². The molecule has 2 rings (SSSR count). The third-order valence-corrected chi connectivity index (χ3v) is 4.65. The number of methoxy groups -OCH3 is 1. The molecule has 1 atom stereocenters. The lowest BCUT2D eigenvalue weighted by molar-refractivity contribution is -0.120. The van der Waals surface area contributed by atoms with E-state index < -0.39 is 0 Å². The van der Waals surface area contributed by atoms with Gasteiger partial charge in [-0.2, -0.15) is 0 Å². The number of benzene rings is 1. The van der Waals surface area contributed by atoms with Crippen molar-refractivity contribution in [3.8, 4) is 11.5 Å². The number of amides is 1. The molecule has 0 aromatic heterocycles. The van der Waals surface area contributed by atoms with Gasteiger partial charge in [0.25, 0.3) is 0 Å². The van der Waals surface area contributed by atoms with E-state index in [9.17, 15) is 4.79 Å². The molecule has 1 saturated carbocycles. The highest BCUT2D eigenvalue weighted by molar-refractivity contribution is 14.0. The molecular formula is C21H35IN4O3. The number of halogens is 1. The summed E-state index contributed by atoms with van der Waals surface area (Å²) in [4.78, 5) is 16.6. The van der Waals surface area contributed by atoms with Gasteiger partial charge in [-0.25, -0.2) is 4.99 Å². The minimum atomic E-state index is -0.101. The molecule has 0 aliphatic heterocycles. The molecule has 1 aromatic carbocycles. The highest BCUT2D eigenvalue weighted by Gasteiger charge is 2.15. The van der Waals surface area contributed by atoms with Crippen LogP contribution in [0.5, 0.6) is 11.5 Å². The summed E-state index contributed by atoms with van der Waals surface area (Å²) < 4.78 is 11.3. The quantitative estimate of drug-likeness (QED) is 0.266. The van der Waals surface area contributed by atoms with Crippen LogP contribution in [0, 0.1) is 0 Å². The van der Waals surface area contributed by atoms with Gasteiger partial charge in [-0.15, -0.1) is 24.0 Å². The molecular weight excluding hydrogens is 483 g/mol. The van der Waals surface area contributed by atoms with Gasteiger partial charge in [0.05, 0.1) is 13.7 Å². The summed E-state index contributed by atoms with van der Waals surface area (Å²) in [7, 11) is 1.62. The average molecular weight is 518 g/mol. The zero-order valence-corrected chi connectivity index (χ0v) is 20.0. The minimum absolute atomic E-state index is 0. The highest BCUT2D eigenvalue weighted by atomic mass is 127. The number of para-hydroxylation sites is 2. The number of nitrogens with one attached hydrogen (secondary N) is 3. The van der Waals surface area contributed by atoms with Crippen LogP contribution in [-0.4, -0.2) is 50.8 Å². The van der Waals surface area contributed by atoms with Crippen molar-refractivity contribution in [2.45, 2.75) is 58.1 Å². The molecule has 0 spiro atoms. The first-order chi connectivity index (χ1) is 13.6. The maximum absolute atomic E-state index is 12.2. The average Bonchev–Trinajstić information content (AvgIpc) is 2.71.